The van der Waals surface area contributed by atoms with E-state index in [0.717, 1.165) is 0 Å². The van der Waals surface area contributed by atoms with Crippen LogP contribution in [0.3, 0.4) is 0 Å². The Labute approximate surface area is 431 Å². The molecule has 3 aliphatic rings. The van der Waals surface area contributed by atoms with Crippen molar-refractivity contribution in [3.8, 4) is 11.5 Å². The molecule has 0 bridgehead atoms. The van der Waals surface area contributed by atoms with Gasteiger partial charge in [-0.1, -0.05) is 86.9 Å². The molecule has 1 aromatic carbocycles. The van der Waals surface area contributed by atoms with Crippen LogP contribution in [0.2, 0.25) is 10.0 Å². The summed E-state index contributed by atoms with van der Waals surface area (Å²) in [7, 11) is 1.26. The molecule has 20 heteroatoms. The molecule has 0 amide bonds. The van der Waals surface area contributed by atoms with Crippen molar-refractivity contribution < 1.29 is 88.0 Å². The molecule has 1 aromatic rings. The van der Waals surface area contributed by atoms with Gasteiger partial charge in [0.15, 0.2) is 36.3 Å². The van der Waals surface area contributed by atoms with E-state index in [1.165, 1.54) is 33.1 Å². The number of phenolic OH excluding ortho intramolecular Hbond substituents is 2. The van der Waals surface area contributed by atoms with Gasteiger partial charge in [0, 0.05) is 19.4 Å². The fraction of sp³-hybridized carbons (Fsp3) is 0.635. The molecule has 0 saturated carbocycles. The molecule has 18 nitrogen and oxygen atoms in total. The zero-order valence-electron chi connectivity index (χ0n) is 43.0. The summed E-state index contributed by atoms with van der Waals surface area (Å²) in [4.78, 5) is 40.3. The number of halogens is 2. The number of hydrogen-bond donors (Lipinski definition) is 7. The maximum absolute atomic E-state index is 14.0. The first-order valence-electron chi connectivity index (χ1n) is 24.2. The molecular formula is C52H74Cl2O18. The number of cyclic esters (lactones) is 1. The topological polar surface area (TPSA) is 267 Å². The number of aliphatic hydroxyl groups is 5. The van der Waals surface area contributed by atoms with Crippen LogP contribution in [0.5, 0.6) is 11.5 Å². The first kappa shape index (κ1) is 60.7. The number of hydrogen-bond acceptors (Lipinski definition) is 18. The highest BCUT2D eigenvalue weighted by Crippen LogP contribution is 2.45. The van der Waals surface area contributed by atoms with Gasteiger partial charge >= 0.3 is 17.9 Å². The fourth-order valence-electron chi connectivity index (χ4n) is 8.52. The van der Waals surface area contributed by atoms with Crippen molar-refractivity contribution in [2.45, 2.75) is 187 Å². The van der Waals surface area contributed by atoms with Gasteiger partial charge in [-0.15, -0.1) is 0 Å². The average molecular weight is 1060 g/mol. The molecule has 3 aliphatic heterocycles. The molecular weight excluding hydrogens is 983 g/mol. The van der Waals surface area contributed by atoms with Gasteiger partial charge < -0.3 is 73.6 Å². The summed E-state index contributed by atoms with van der Waals surface area (Å²) in [6, 6.07) is 0. The minimum absolute atomic E-state index is 0.0387. The molecule has 4 rings (SSSR count). The van der Waals surface area contributed by atoms with Crippen LogP contribution in [0.25, 0.3) is 0 Å². The molecule has 2 saturated heterocycles. The number of methoxy groups -OCH3 is 1. The van der Waals surface area contributed by atoms with E-state index in [4.69, 9.17) is 61.1 Å². The van der Waals surface area contributed by atoms with Crippen LogP contribution >= 0.6 is 23.2 Å². The van der Waals surface area contributed by atoms with Crippen molar-refractivity contribution in [2.75, 3.05) is 13.7 Å². The number of benzene rings is 1. The van der Waals surface area contributed by atoms with Crippen LogP contribution in [0, 0.1) is 11.8 Å². The van der Waals surface area contributed by atoms with E-state index in [9.17, 15) is 50.1 Å². The lowest BCUT2D eigenvalue weighted by atomic mass is 9.88. The Kier molecular flexibility index (Phi) is 22.4. The van der Waals surface area contributed by atoms with Crippen LogP contribution in [0.15, 0.2) is 58.7 Å². The third-order valence-electron chi connectivity index (χ3n) is 13.0. The molecule has 404 valence electrons. The van der Waals surface area contributed by atoms with Crippen molar-refractivity contribution in [3.63, 3.8) is 0 Å². The standard InChI is InChI=1S/C52H74Cl2O18/c1-13-30-22-26(6)33(56)18-16-15-17-31(23-66-50-44(65-12)40(59)43(29(9)67-50)69-49(64)35-32(14-2)36(53)39(58)37(54)38(35)57)48(63)68-34(28(8)55)20-19-25(5)21-27(7)42(30)71-51-45(70-47(62)24(3)4)41(60)46(61)52(10,11)72-51/h15-17,19,21-22,24,28-30,33-34,40-46,50-51,55-61H,13-14,18,20,23H2,1-12H3/b16-15+,25-19+,26-22+,27-21+,31-17+/t28?,29-,30?,33?,34?,40+,41+,42?,43-,44+,45-,46-,50-,51+/m0/s1. The van der Waals surface area contributed by atoms with Gasteiger partial charge in [-0.2, -0.15) is 0 Å². The Morgan fingerprint density at radius 1 is 0.903 bits per heavy atom. The molecule has 0 aliphatic carbocycles. The van der Waals surface area contributed by atoms with E-state index in [0.29, 0.717) is 23.1 Å². The molecule has 0 spiro atoms. The normalized spacial score (nSPS) is 34.8. The van der Waals surface area contributed by atoms with Gasteiger partial charge in [0.1, 0.15) is 41.1 Å². The van der Waals surface area contributed by atoms with Crippen molar-refractivity contribution >= 4 is 41.1 Å². The lowest BCUT2D eigenvalue weighted by Crippen LogP contribution is -2.64. The lowest BCUT2D eigenvalue weighted by Gasteiger charge is -2.47. The number of phenols is 2. The fourth-order valence-corrected chi connectivity index (χ4v) is 9.08. The molecule has 0 radical (unpaired) electrons. The Morgan fingerprint density at radius 3 is 2.17 bits per heavy atom. The SMILES string of the molecule is CCc1c(Cl)c(O)c(Cl)c(O)c1C(=O)O[C@@H]1[C@@H](O)[C@@H](OC)[C@@H](OC/C2=C\C=C\CC(O)/C(C)=C/C(CC)C(O[C@@H]3OC(C)(C)[C@@H](O)[C@H](O)[C@@H]3OC(=O)C(C)C)/C(C)=C/C(C)=C/CC(C(C)O)OC2=O)O[C@H]1C. The van der Waals surface area contributed by atoms with E-state index in [1.54, 1.807) is 53.7 Å². The molecule has 14 atom stereocenters. The summed E-state index contributed by atoms with van der Waals surface area (Å²) in [6.45, 7) is 18.0. The number of carbonyl (C=O) groups is 3. The highest BCUT2D eigenvalue weighted by Gasteiger charge is 2.53. The zero-order valence-corrected chi connectivity index (χ0v) is 44.5. The van der Waals surface area contributed by atoms with Crippen LogP contribution < -0.4 is 0 Å². The Balaban J connectivity index is 1.64. The molecule has 2 fully saturated rings. The molecule has 3 heterocycles. The second-order valence-electron chi connectivity index (χ2n) is 19.4. The maximum Gasteiger partial charge on any atom is 0.342 e. The second kappa shape index (κ2) is 26.5. The number of ether oxygens (including phenoxy) is 8. The molecule has 72 heavy (non-hydrogen) atoms. The number of aromatic hydroxyl groups is 2. The van der Waals surface area contributed by atoms with Gasteiger partial charge in [-0.05, 0) is 90.5 Å². The summed E-state index contributed by atoms with van der Waals surface area (Å²) in [5.41, 5.74) is 0.279. The largest absolute Gasteiger partial charge is 0.505 e. The van der Waals surface area contributed by atoms with Crippen molar-refractivity contribution in [1.29, 1.82) is 0 Å². The summed E-state index contributed by atoms with van der Waals surface area (Å²) >= 11 is 12.3. The highest BCUT2D eigenvalue weighted by atomic mass is 35.5. The summed E-state index contributed by atoms with van der Waals surface area (Å²) in [6.07, 6.45) is -5.45. The van der Waals surface area contributed by atoms with Gasteiger partial charge in [-0.25, -0.2) is 9.59 Å². The third kappa shape index (κ3) is 14.7. The van der Waals surface area contributed by atoms with E-state index in [-0.39, 0.29) is 35.4 Å². The van der Waals surface area contributed by atoms with Crippen LogP contribution in [-0.4, -0.2) is 153 Å². The monoisotopic (exact) mass is 1060 g/mol. The number of allylic oxidation sites excluding steroid dienone is 4. The molecule has 5 unspecified atom stereocenters. The van der Waals surface area contributed by atoms with Crippen molar-refractivity contribution in [1.82, 2.24) is 0 Å². The maximum atomic E-state index is 14.0. The van der Waals surface area contributed by atoms with Crippen molar-refractivity contribution in [2.24, 2.45) is 11.8 Å². The van der Waals surface area contributed by atoms with E-state index in [1.807, 2.05) is 32.9 Å². The Hall–Kier alpha value is -3.89. The zero-order chi connectivity index (χ0) is 54.1. The van der Waals surface area contributed by atoms with Crippen LogP contribution in [0.4, 0.5) is 0 Å². The Bertz CT molecular complexity index is 2220. The van der Waals surface area contributed by atoms with E-state index < -0.39 is 144 Å². The third-order valence-corrected chi connectivity index (χ3v) is 13.8. The first-order valence-corrected chi connectivity index (χ1v) is 24.9. The Morgan fingerprint density at radius 2 is 1.57 bits per heavy atom. The number of rotatable bonds is 13. The smallest absolute Gasteiger partial charge is 0.342 e. The lowest BCUT2D eigenvalue weighted by molar-refractivity contribution is -0.333. The number of esters is 3. The minimum Gasteiger partial charge on any atom is -0.505 e. The average Bonchev–Trinajstić information content (AvgIpc) is 3.32. The van der Waals surface area contributed by atoms with E-state index >= 15 is 0 Å². The second-order valence-corrected chi connectivity index (χ2v) is 20.1. The minimum atomic E-state index is -1.57. The van der Waals surface area contributed by atoms with Gasteiger partial charge in [-0.3, -0.25) is 4.79 Å². The quantitative estimate of drug-likeness (QED) is 0.0655. The van der Waals surface area contributed by atoms with Crippen LogP contribution in [-0.2, 0) is 53.9 Å². The molecule has 7 N–H and O–H groups in total. The van der Waals surface area contributed by atoms with Gasteiger partial charge in [0.05, 0.1) is 53.1 Å². The predicted molar refractivity (Wildman–Crippen MR) is 265 cm³/mol. The summed E-state index contributed by atoms with van der Waals surface area (Å²) in [5.74, 6) is -4.92. The van der Waals surface area contributed by atoms with Gasteiger partial charge in [0.25, 0.3) is 0 Å². The highest BCUT2D eigenvalue weighted by molar-refractivity contribution is 6.39. The summed E-state index contributed by atoms with van der Waals surface area (Å²) < 4.78 is 47.8. The summed E-state index contributed by atoms with van der Waals surface area (Å²) in [5, 5.41) is 76.1. The number of aliphatic hydroxyl groups excluding tert-OH is 5. The molecule has 0 aromatic heterocycles. The van der Waals surface area contributed by atoms with Crippen LogP contribution in [0.1, 0.15) is 111 Å². The number of carbonyl (C=O) groups excluding carboxylic acids is 3. The van der Waals surface area contributed by atoms with Crippen molar-refractivity contribution in [3.05, 3.63) is 79.9 Å². The van der Waals surface area contributed by atoms with Gasteiger partial charge in [0.2, 0.25) is 0 Å². The predicted octanol–water partition coefficient (Wildman–Crippen LogP) is 6.23. The first-order chi connectivity index (χ1) is 33.7. The van der Waals surface area contributed by atoms with E-state index in [2.05, 4.69) is 0 Å².